The molecular formula is C22H26N6. The van der Waals surface area contributed by atoms with Gasteiger partial charge in [0.05, 0.1) is 5.57 Å². The predicted molar refractivity (Wildman–Crippen MR) is 114 cm³/mol. The van der Waals surface area contributed by atoms with Crippen LogP contribution in [0.1, 0.15) is 24.3 Å². The summed E-state index contributed by atoms with van der Waals surface area (Å²) in [5.41, 5.74) is 3.32. The van der Waals surface area contributed by atoms with E-state index < -0.39 is 0 Å². The lowest BCUT2D eigenvalue weighted by Gasteiger charge is -2.36. The molecule has 4 rings (SSSR count). The molecule has 1 saturated heterocycles. The summed E-state index contributed by atoms with van der Waals surface area (Å²) in [5, 5.41) is 17.8. The lowest BCUT2D eigenvalue weighted by atomic mass is 9.90. The summed E-state index contributed by atoms with van der Waals surface area (Å²) in [6.45, 7) is 1.94. The number of hydrogen-bond acceptors (Lipinski definition) is 5. The third-order valence-electron chi connectivity index (χ3n) is 5.27. The topological polar surface area (TPSA) is 76.1 Å². The van der Waals surface area contributed by atoms with Crippen LogP contribution in [0.5, 0.6) is 0 Å². The summed E-state index contributed by atoms with van der Waals surface area (Å²) in [6.07, 6.45) is 7.88. The monoisotopic (exact) mass is 374 g/mol. The molecule has 3 heterocycles. The molecule has 2 aliphatic heterocycles. The number of rotatable bonds is 5. The molecule has 1 unspecified atom stereocenters. The Labute approximate surface area is 165 Å². The molecule has 1 aromatic carbocycles. The highest BCUT2D eigenvalue weighted by Gasteiger charge is 2.25. The second-order valence-corrected chi connectivity index (χ2v) is 7.12. The van der Waals surface area contributed by atoms with E-state index in [1.54, 1.807) is 6.20 Å². The predicted octanol–water partition coefficient (Wildman–Crippen LogP) is 3.53. The van der Waals surface area contributed by atoms with Crippen LogP contribution in [0.15, 0.2) is 72.3 Å². The van der Waals surface area contributed by atoms with E-state index >= 15 is 0 Å². The summed E-state index contributed by atoms with van der Waals surface area (Å²) in [7, 11) is 1.93. The first-order valence-corrected chi connectivity index (χ1v) is 9.71. The maximum Gasteiger partial charge on any atom is 0.133 e. The quantitative estimate of drug-likeness (QED) is 0.644. The Morgan fingerprint density at radius 3 is 2.93 bits per heavy atom. The molecule has 4 N–H and O–H groups in total. The molecule has 1 aromatic heterocycles. The van der Waals surface area contributed by atoms with E-state index in [0.717, 1.165) is 42.4 Å². The highest BCUT2D eigenvalue weighted by molar-refractivity contribution is 6.02. The molecule has 28 heavy (non-hydrogen) atoms. The van der Waals surface area contributed by atoms with Crippen LogP contribution in [0.3, 0.4) is 0 Å². The molecule has 6 heteroatoms. The maximum absolute atomic E-state index is 8.10. The number of benzene rings is 1. The van der Waals surface area contributed by atoms with Gasteiger partial charge in [0.1, 0.15) is 17.5 Å². The molecule has 1 fully saturated rings. The van der Waals surface area contributed by atoms with Gasteiger partial charge < -0.3 is 20.9 Å². The third kappa shape index (κ3) is 3.86. The van der Waals surface area contributed by atoms with Crippen LogP contribution in [-0.4, -0.2) is 35.9 Å². The van der Waals surface area contributed by atoms with Crippen molar-refractivity contribution < 1.29 is 0 Å². The number of nitrogens with one attached hydrogen (secondary N) is 4. The Kier molecular flexibility index (Phi) is 5.28. The van der Waals surface area contributed by atoms with Gasteiger partial charge >= 0.3 is 0 Å². The van der Waals surface area contributed by atoms with Gasteiger partial charge in [0.25, 0.3) is 0 Å². The first kappa shape index (κ1) is 18.1. The summed E-state index contributed by atoms with van der Waals surface area (Å²) in [5.74, 6) is 2.79. The average molecular weight is 374 g/mol. The van der Waals surface area contributed by atoms with Crippen LogP contribution in [-0.2, 0) is 0 Å². The molecule has 0 bridgehead atoms. The van der Waals surface area contributed by atoms with E-state index in [0.29, 0.717) is 11.8 Å². The summed E-state index contributed by atoms with van der Waals surface area (Å²) < 4.78 is 0. The Bertz CT molecular complexity index is 902. The van der Waals surface area contributed by atoms with Gasteiger partial charge in [0, 0.05) is 44.1 Å². The second-order valence-electron chi connectivity index (χ2n) is 7.12. The minimum absolute atomic E-state index is 0.452. The molecule has 0 amide bonds. The summed E-state index contributed by atoms with van der Waals surface area (Å²) in [6, 6.07) is 14.5. The fourth-order valence-electron chi connectivity index (χ4n) is 3.94. The van der Waals surface area contributed by atoms with Gasteiger partial charge in [-0.05, 0) is 48.7 Å². The second kappa shape index (κ2) is 8.17. The molecule has 144 valence electrons. The van der Waals surface area contributed by atoms with E-state index in [2.05, 4.69) is 50.1 Å². The highest BCUT2D eigenvalue weighted by atomic mass is 15.2. The van der Waals surface area contributed by atoms with E-state index in [-0.39, 0.29) is 0 Å². The van der Waals surface area contributed by atoms with Crippen molar-refractivity contribution in [1.82, 2.24) is 20.5 Å². The third-order valence-corrected chi connectivity index (χ3v) is 5.27. The van der Waals surface area contributed by atoms with E-state index in [9.17, 15) is 0 Å². The Morgan fingerprint density at radius 2 is 2.18 bits per heavy atom. The van der Waals surface area contributed by atoms with E-state index in [1.165, 1.54) is 12.0 Å². The van der Waals surface area contributed by atoms with Crippen LogP contribution >= 0.6 is 0 Å². The van der Waals surface area contributed by atoms with Gasteiger partial charge in [-0.1, -0.05) is 18.2 Å². The molecule has 2 aliphatic rings. The zero-order valence-corrected chi connectivity index (χ0v) is 16.1. The van der Waals surface area contributed by atoms with Crippen molar-refractivity contribution in [3.63, 3.8) is 0 Å². The van der Waals surface area contributed by atoms with Gasteiger partial charge in [-0.2, -0.15) is 0 Å². The molecule has 0 saturated carbocycles. The number of amidine groups is 1. The largest absolute Gasteiger partial charge is 0.374 e. The Morgan fingerprint density at radius 1 is 1.25 bits per heavy atom. The maximum atomic E-state index is 8.10. The SMILES string of the molecule is CN/C(=C1/C=CNC1=N)N1CCCC(c2cccc(Nc3ccccn3)c2)C1. The van der Waals surface area contributed by atoms with Gasteiger partial charge in [0.15, 0.2) is 0 Å². The number of likely N-dealkylation sites (tertiary alicyclic amines) is 1. The fourth-order valence-corrected chi connectivity index (χ4v) is 3.94. The Hall–Kier alpha value is -3.28. The molecule has 6 nitrogen and oxygen atoms in total. The molecule has 2 aromatic rings. The first-order chi connectivity index (χ1) is 13.7. The summed E-state index contributed by atoms with van der Waals surface area (Å²) in [4.78, 5) is 6.72. The molecule has 1 atom stereocenters. The number of nitrogens with zero attached hydrogens (tertiary/aromatic N) is 2. The minimum atomic E-state index is 0.452. The van der Waals surface area contributed by atoms with Crippen LogP contribution < -0.4 is 16.0 Å². The van der Waals surface area contributed by atoms with E-state index in [1.807, 2.05) is 37.5 Å². The lowest BCUT2D eigenvalue weighted by molar-refractivity contribution is 0.246. The molecule has 0 spiro atoms. The van der Waals surface area contributed by atoms with Crippen LogP contribution in [0.4, 0.5) is 11.5 Å². The first-order valence-electron chi connectivity index (χ1n) is 9.71. The standard InChI is InChI=1S/C22H26N6/c1-24-22(19-10-12-26-21(19)23)28-13-5-7-17(15-28)16-6-4-8-18(14-16)27-20-9-2-3-11-25-20/h2-4,6,8-12,14,17,24H,5,7,13,15H2,1H3,(H2,23,26)(H,25,27)/b22-19+. The van der Waals surface area contributed by atoms with Crippen LogP contribution in [0, 0.1) is 5.41 Å². The zero-order valence-electron chi connectivity index (χ0n) is 16.1. The smallest absolute Gasteiger partial charge is 0.133 e. The number of aromatic nitrogens is 1. The molecular weight excluding hydrogens is 348 g/mol. The van der Waals surface area contributed by atoms with Crippen LogP contribution in [0.2, 0.25) is 0 Å². The number of piperidine rings is 1. The number of hydrogen-bond donors (Lipinski definition) is 4. The Balaban J connectivity index is 1.53. The van der Waals surface area contributed by atoms with Gasteiger partial charge in [-0.3, -0.25) is 5.41 Å². The average Bonchev–Trinajstić information content (AvgIpc) is 3.16. The molecule has 0 aliphatic carbocycles. The van der Waals surface area contributed by atoms with Gasteiger partial charge in [-0.15, -0.1) is 0 Å². The van der Waals surface area contributed by atoms with Crippen molar-refractivity contribution in [2.75, 3.05) is 25.5 Å². The molecule has 0 radical (unpaired) electrons. The van der Waals surface area contributed by atoms with Gasteiger partial charge in [0.2, 0.25) is 0 Å². The van der Waals surface area contributed by atoms with Crippen molar-refractivity contribution in [3.8, 4) is 0 Å². The van der Waals surface area contributed by atoms with Gasteiger partial charge in [-0.25, -0.2) is 4.98 Å². The minimum Gasteiger partial charge on any atom is -0.374 e. The van der Waals surface area contributed by atoms with Crippen molar-refractivity contribution >= 4 is 17.3 Å². The van der Waals surface area contributed by atoms with Crippen molar-refractivity contribution in [2.24, 2.45) is 0 Å². The number of anilines is 2. The normalized spacial score (nSPS) is 20.7. The van der Waals surface area contributed by atoms with Crippen molar-refractivity contribution in [1.29, 1.82) is 5.41 Å². The lowest BCUT2D eigenvalue weighted by Crippen LogP contribution is -2.39. The van der Waals surface area contributed by atoms with Crippen molar-refractivity contribution in [2.45, 2.75) is 18.8 Å². The van der Waals surface area contributed by atoms with Crippen LogP contribution in [0.25, 0.3) is 0 Å². The highest BCUT2D eigenvalue weighted by Crippen LogP contribution is 2.31. The fraction of sp³-hybridized carbons (Fsp3) is 0.273. The number of pyridine rings is 1. The van der Waals surface area contributed by atoms with Crippen molar-refractivity contribution in [3.05, 3.63) is 77.9 Å². The van der Waals surface area contributed by atoms with E-state index in [4.69, 9.17) is 5.41 Å². The summed E-state index contributed by atoms with van der Waals surface area (Å²) >= 11 is 0. The zero-order chi connectivity index (χ0) is 19.3.